The summed E-state index contributed by atoms with van der Waals surface area (Å²) in [6.45, 7) is 7.09. The van der Waals surface area contributed by atoms with Crippen molar-refractivity contribution in [1.29, 1.82) is 10.8 Å². The molecule has 1 aliphatic rings. The van der Waals surface area contributed by atoms with Crippen LogP contribution >= 0.6 is 0 Å². The van der Waals surface area contributed by atoms with Gasteiger partial charge in [0.25, 0.3) is 0 Å². The summed E-state index contributed by atoms with van der Waals surface area (Å²) in [7, 11) is 3.54. The lowest BCUT2D eigenvalue weighted by Crippen LogP contribution is -2.32. The molecule has 38 heavy (non-hydrogen) atoms. The van der Waals surface area contributed by atoms with E-state index in [4.69, 9.17) is 26.0 Å². The number of likely N-dealkylation sites (tertiary alicyclic amines) is 1. The summed E-state index contributed by atoms with van der Waals surface area (Å²) < 4.78 is 10.6. The SMILES string of the molecule is C/C=C\CC.COC(=N)/C=C\C(=N)N=C(N)Cc1cccc(-c2ncc(OCC3CCN(C)CC3)cn2)c1. The number of nitrogens with two attached hydrogens (primary N) is 1. The second kappa shape index (κ2) is 16.8. The Balaban J connectivity index is 0.000000926. The van der Waals surface area contributed by atoms with Crippen LogP contribution in [0.25, 0.3) is 11.4 Å². The van der Waals surface area contributed by atoms with E-state index in [0.717, 1.165) is 43.5 Å². The van der Waals surface area contributed by atoms with E-state index in [1.54, 1.807) is 12.4 Å². The molecule has 0 bridgehead atoms. The van der Waals surface area contributed by atoms with Crippen molar-refractivity contribution in [3.8, 4) is 17.1 Å². The Bertz CT molecular complexity index is 1100. The van der Waals surface area contributed by atoms with Crippen LogP contribution in [-0.2, 0) is 11.2 Å². The van der Waals surface area contributed by atoms with Gasteiger partial charge in [-0.25, -0.2) is 15.0 Å². The molecule has 0 atom stereocenters. The van der Waals surface area contributed by atoms with Crippen LogP contribution in [0.3, 0.4) is 0 Å². The van der Waals surface area contributed by atoms with E-state index in [2.05, 4.69) is 46.0 Å². The lowest BCUT2D eigenvalue weighted by Gasteiger charge is -2.28. The number of ether oxygens (including phenoxy) is 2. The fourth-order valence-electron chi connectivity index (χ4n) is 3.70. The molecule has 0 aliphatic carbocycles. The quantitative estimate of drug-likeness (QED) is 0.245. The number of amidine groups is 2. The van der Waals surface area contributed by atoms with Gasteiger partial charge >= 0.3 is 0 Å². The summed E-state index contributed by atoms with van der Waals surface area (Å²) in [6, 6.07) is 7.74. The lowest BCUT2D eigenvalue weighted by molar-refractivity contribution is 0.159. The van der Waals surface area contributed by atoms with Gasteiger partial charge in [-0.15, -0.1) is 0 Å². The first-order chi connectivity index (χ1) is 18.3. The highest BCUT2D eigenvalue weighted by molar-refractivity contribution is 6.03. The van der Waals surface area contributed by atoms with Gasteiger partial charge in [0.15, 0.2) is 11.6 Å². The molecule has 0 saturated carbocycles. The second-order valence-electron chi connectivity index (χ2n) is 9.04. The van der Waals surface area contributed by atoms with Gasteiger partial charge in [-0.2, -0.15) is 0 Å². The maximum atomic E-state index is 7.82. The monoisotopic (exact) mass is 519 g/mol. The van der Waals surface area contributed by atoms with Crippen molar-refractivity contribution >= 4 is 17.6 Å². The number of nitrogens with zero attached hydrogens (tertiary/aromatic N) is 4. The van der Waals surface area contributed by atoms with Gasteiger partial charge in [-0.05, 0) is 69.9 Å². The Morgan fingerprint density at radius 2 is 1.89 bits per heavy atom. The maximum absolute atomic E-state index is 7.82. The third-order valence-electron chi connectivity index (χ3n) is 5.87. The molecule has 9 nitrogen and oxygen atoms in total. The molecular formula is C29H41N7O2. The van der Waals surface area contributed by atoms with Gasteiger partial charge in [-0.1, -0.05) is 37.3 Å². The highest BCUT2D eigenvalue weighted by Gasteiger charge is 2.17. The molecule has 0 radical (unpaired) electrons. The van der Waals surface area contributed by atoms with E-state index in [9.17, 15) is 0 Å². The van der Waals surface area contributed by atoms with E-state index >= 15 is 0 Å². The largest absolute Gasteiger partial charge is 0.490 e. The van der Waals surface area contributed by atoms with Gasteiger partial charge in [0.1, 0.15) is 11.7 Å². The number of hydrogen-bond acceptors (Lipinski definition) is 7. The number of aromatic nitrogens is 2. The summed E-state index contributed by atoms with van der Waals surface area (Å²) in [4.78, 5) is 15.3. The fourth-order valence-corrected chi connectivity index (χ4v) is 3.70. The van der Waals surface area contributed by atoms with Gasteiger partial charge in [0, 0.05) is 18.1 Å². The molecule has 0 amide bonds. The topological polar surface area (TPSA) is 134 Å². The Morgan fingerprint density at radius 1 is 1.18 bits per heavy atom. The van der Waals surface area contributed by atoms with E-state index in [0.29, 0.717) is 36.4 Å². The van der Waals surface area contributed by atoms with E-state index in [-0.39, 0.29) is 11.7 Å². The van der Waals surface area contributed by atoms with E-state index < -0.39 is 0 Å². The predicted octanol–water partition coefficient (Wildman–Crippen LogP) is 4.89. The smallest absolute Gasteiger partial charge is 0.205 e. The number of methoxy groups -OCH3 is 1. The number of piperidine rings is 1. The summed E-state index contributed by atoms with van der Waals surface area (Å²) in [5, 5.41) is 15.2. The zero-order valence-electron chi connectivity index (χ0n) is 23.0. The van der Waals surface area contributed by atoms with Crippen molar-refractivity contribution in [3.63, 3.8) is 0 Å². The third-order valence-corrected chi connectivity index (χ3v) is 5.87. The highest BCUT2D eigenvalue weighted by atomic mass is 16.5. The molecule has 9 heteroatoms. The molecule has 1 aromatic carbocycles. The Morgan fingerprint density at radius 3 is 2.50 bits per heavy atom. The Hall–Kier alpha value is -3.85. The average Bonchev–Trinajstić information content (AvgIpc) is 2.92. The molecule has 4 N–H and O–H groups in total. The number of rotatable bonds is 9. The van der Waals surface area contributed by atoms with Crippen LogP contribution in [0, 0.1) is 16.7 Å². The van der Waals surface area contributed by atoms with E-state index in [1.165, 1.54) is 19.3 Å². The van der Waals surface area contributed by atoms with Crippen LogP contribution in [0.5, 0.6) is 5.75 Å². The minimum absolute atomic E-state index is 0.0513. The zero-order valence-corrected chi connectivity index (χ0v) is 23.0. The normalized spacial score (nSPS) is 14.8. The van der Waals surface area contributed by atoms with Crippen molar-refractivity contribution in [3.05, 3.63) is 66.5 Å². The first-order valence-corrected chi connectivity index (χ1v) is 12.9. The van der Waals surface area contributed by atoms with Crippen LogP contribution in [0.15, 0.2) is 66.0 Å². The molecule has 1 saturated heterocycles. The molecule has 2 heterocycles. The average molecular weight is 520 g/mol. The van der Waals surface area contributed by atoms with Gasteiger partial charge in [-0.3, -0.25) is 10.8 Å². The summed E-state index contributed by atoms with van der Waals surface area (Å²) >= 11 is 0. The van der Waals surface area contributed by atoms with Crippen molar-refractivity contribution < 1.29 is 9.47 Å². The van der Waals surface area contributed by atoms with E-state index in [1.807, 2.05) is 31.2 Å². The molecular weight excluding hydrogens is 478 g/mol. The fraction of sp³-hybridized carbons (Fsp3) is 0.414. The molecule has 0 spiro atoms. The first-order valence-electron chi connectivity index (χ1n) is 12.9. The lowest BCUT2D eigenvalue weighted by atomic mass is 9.98. The minimum atomic E-state index is -0.0561. The predicted molar refractivity (Wildman–Crippen MR) is 155 cm³/mol. The number of nitrogens with one attached hydrogen (secondary N) is 2. The minimum Gasteiger partial charge on any atom is -0.490 e. The molecule has 1 fully saturated rings. The summed E-state index contributed by atoms with van der Waals surface area (Å²) in [6.07, 6.45) is 14.2. The summed E-state index contributed by atoms with van der Waals surface area (Å²) in [5.74, 6) is 2.05. The van der Waals surface area contributed by atoms with Gasteiger partial charge in [0.05, 0.1) is 26.1 Å². The molecule has 1 aromatic heterocycles. The highest BCUT2D eigenvalue weighted by Crippen LogP contribution is 2.20. The van der Waals surface area contributed by atoms with Gasteiger partial charge in [0.2, 0.25) is 5.90 Å². The zero-order chi connectivity index (χ0) is 27.8. The van der Waals surface area contributed by atoms with Crippen LogP contribution in [0.2, 0.25) is 0 Å². The number of hydrogen-bond donors (Lipinski definition) is 3. The third kappa shape index (κ3) is 11.5. The van der Waals surface area contributed by atoms with Crippen molar-refractivity contribution in [2.24, 2.45) is 16.6 Å². The molecule has 3 rings (SSSR count). The van der Waals surface area contributed by atoms with Crippen LogP contribution in [-0.4, -0.2) is 66.3 Å². The summed E-state index contributed by atoms with van der Waals surface area (Å²) in [5.41, 5.74) is 7.79. The number of benzene rings is 1. The standard InChI is InChI=1S/C24H31N7O2.C5H10/c1-31-10-8-17(9-11-31)16-33-20-14-28-24(29-15-20)19-5-3-4-18(12-19)13-22(26)30-21(25)6-7-23(27)32-2;1-3-5-4-2/h3-7,12,14-15,17,27H,8-11,13,16H2,1-2H3,(H3,25,26,30);3,5H,4H2,1-2H3/b7-6-,27-23?;5-3-. The molecule has 1 aliphatic heterocycles. The van der Waals surface area contributed by atoms with Crippen LogP contribution in [0.1, 0.15) is 38.7 Å². The Kier molecular flexibility index (Phi) is 13.4. The number of allylic oxidation sites excluding steroid dienone is 2. The first kappa shape index (κ1) is 30.4. The van der Waals surface area contributed by atoms with Gasteiger partial charge < -0.3 is 20.1 Å². The van der Waals surface area contributed by atoms with Crippen molar-refractivity contribution in [1.82, 2.24) is 14.9 Å². The molecule has 0 unspecified atom stereocenters. The van der Waals surface area contributed by atoms with Crippen LogP contribution < -0.4 is 10.5 Å². The van der Waals surface area contributed by atoms with Crippen molar-refractivity contribution in [2.75, 3.05) is 33.9 Å². The molecule has 204 valence electrons. The Labute approximate surface area is 226 Å². The maximum Gasteiger partial charge on any atom is 0.205 e. The molecule has 2 aromatic rings. The van der Waals surface area contributed by atoms with Crippen molar-refractivity contribution in [2.45, 2.75) is 39.5 Å². The number of aliphatic imine (C=N–C) groups is 1. The van der Waals surface area contributed by atoms with Crippen LogP contribution in [0.4, 0.5) is 0 Å². The second-order valence-corrected chi connectivity index (χ2v) is 9.04.